The number of fused-ring (bicyclic) bond motifs is 5. The quantitative estimate of drug-likeness (QED) is 0.636. The largest absolute Gasteiger partial charge is 0.377 e. The highest BCUT2D eigenvalue weighted by Crippen LogP contribution is 2.47. The van der Waals surface area contributed by atoms with Crippen molar-refractivity contribution >= 4 is 11.8 Å². The predicted molar refractivity (Wildman–Crippen MR) is 84.2 cm³/mol. The monoisotopic (exact) mass is 365 g/mol. The fourth-order valence-electron chi connectivity index (χ4n) is 5.82. The first kappa shape index (κ1) is 15.8. The van der Waals surface area contributed by atoms with Gasteiger partial charge in [-0.1, -0.05) is 0 Å². The summed E-state index contributed by atoms with van der Waals surface area (Å²) in [6, 6.07) is -0.00921. The van der Waals surface area contributed by atoms with Gasteiger partial charge >= 0.3 is 6.10 Å². The zero-order valence-electron chi connectivity index (χ0n) is 14.3. The predicted octanol–water partition coefficient (Wildman–Crippen LogP) is -1.35. The van der Waals surface area contributed by atoms with Crippen molar-refractivity contribution in [2.45, 2.75) is 68.3 Å². The summed E-state index contributed by atoms with van der Waals surface area (Å²) in [4.78, 5) is 26.9. The zero-order chi connectivity index (χ0) is 17.6. The van der Waals surface area contributed by atoms with Crippen molar-refractivity contribution in [3.05, 3.63) is 0 Å². The van der Waals surface area contributed by atoms with E-state index >= 15 is 0 Å². The Morgan fingerprint density at radius 2 is 1.81 bits per heavy atom. The minimum Gasteiger partial charge on any atom is -0.372 e. The number of rotatable bonds is 3. The van der Waals surface area contributed by atoms with Gasteiger partial charge in [-0.05, 0) is 6.42 Å². The van der Waals surface area contributed by atoms with Crippen molar-refractivity contribution < 1.29 is 28.5 Å². The van der Waals surface area contributed by atoms with Crippen LogP contribution >= 0.6 is 0 Å². The molecule has 6 heterocycles. The van der Waals surface area contributed by atoms with E-state index in [-0.39, 0.29) is 66.8 Å². The molecule has 26 heavy (non-hydrogen) atoms. The number of nitrogens with zero attached hydrogens (tertiary/aromatic N) is 1. The van der Waals surface area contributed by atoms with E-state index in [0.717, 1.165) is 25.7 Å². The molecule has 0 aromatic carbocycles. The van der Waals surface area contributed by atoms with Gasteiger partial charge in [-0.25, -0.2) is 0 Å². The molecule has 5 unspecified atom stereocenters. The molecule has 2 amide bonds. The number of likely N-dealkylation sites (tertiary alicyclic amines) is 1. The third-order valence-corrected chi connectivity index (χ3v) is 6.74. The number of hydrogen-bond acceptors (Lipinski definition) is 7. The maximum Gasteiger partial charge on any atom is 0.377 e. The smallest absolute Gasteiger partial charge is 0.372 e. The molecule has 7 fully saturated rings. The lowest BCUT2D eigenvalue weighted by atomic mass is 9.79. The van der Waals surface area contributed by atoms with Gasteiger partial charge in [0, 0.05) is 37.8 Å². The van der Waals surface area contributed by atoms with Crippen LogP contribution in [0.1, 0.15) is 25.7 Å². The number of nitrogens with two attached hydrogens (primary N) is 1. The van der Waals surface area contributed by atoms with Crippen LogP contribution in [-0.4, -0.2) is 72.5 Å². The first-order valence-electron chi connectivity index (χ1n) is 9.54. The Kier molecular flexibility index (Phi) is 3.13. The van der Waals surface area contributed by atoms with Crippen LogP contribution < -0.4 is 11.1 Å². The molecule has 6 bridgehead atoms. The molecule has 3 N–H and O–H groups in total. The first-order chi connectivity index (χ1) is 12.5. The molecule has 1 saturated carbocycles. The molecule has 9 heteroatoms. The first-order valence-corrected chi connectivity index (χ1v) is 9.54. The highest BCUT2D eigenvalue weighted by Gasteiger charge is 2.61. The fraction of sp³-hybridized carbons (Fsp3) is 0.882. The van der Waals surface area contributed by atoms with Crippen LogP contribution in [0.3, 0.4) is 0 Å². The Hall–Kier alpha value is -1.26. The molecule has 0 aromatic heterocycles. The molecule has 6 aliphatic heterocycles. The summed E-state index contributed by atoms with van der Waals surface area (Å²) in [5.74, 6) is -0.418. The van der Waals surface area contributed by atoms with E-state index < -0.39 is 6.10 Å². The average molecular weight is 365 g/mol. The second-order valence-corrected chi connectivity index (χ2v) is 8.48. The highest BCUT2D eigenvalue weighted by molar-refractivity contribution is 5.88. The average Bonchev–Trinajstić information content (AvgIpc) is 3.17. The van der Waals surface area contributed by atoms with Crippen LogP contribution in [-0.2, 0) is 28.5 Å². The van der Waals surface area contributed by atoms with Crippen molar-refractivity contribution in [3.63, 3.8) is 0 Å². The summed E-state index contributed by atoms with van der Waals surface area (Å²) in [7, 11) is 0. The van der Waals surface area contributed by atoms with Crippen molar-refractivity contribution in [1.29, 1.82) is 0 Å². The van der Waals surface area contributed by atoms with E-state index in [1.165, 1.54) is 0 Å². The molecule has 0 radical (unpaired) electrons. The van der Waals surface area contributed by atoms with Crippen LogP contribution in [0.15, 0.2) is 0 Å². The third kappa shape index (κ3) is 2.15. The van der Waals surface area contributed by atoms with Crippen molar-refractivity contribution in [3.8, 4) is 0 Å². The van der Waals surface area contributed by atoms with Gasteiger partial charge < -0.3 is 29.6 Å². The number of carbonyl (C=O) groups excluding carboxylic acids is 2. The van der Waals surface area contributed by atoms with Crippen LogP contribution in [0.2, 0.25) is 0 Å². The molecule has 142 valence electrons. The van der Waals surface area contributed by atoms with E-state index in [2.05, 4.69) is 5.32 Å². The maximum absolute atomic E-state index is 12.7. The summed E-state index contributed by atoms with van der Waals surface area (Å²) in [5, 5.41) is 2.73. The Bertz CT molecular complexity index is 636. The number of carbonyl (C=O) groups is 2. The van der Waals surface area contributed by atoms with Crippen molar-refractivity contribution in [2.75, 3.05) is 13.1 Å². The van der Waals surface area contributed by atoms with Gasteiger partial charge in [0.15, 0.2) is 0 Å². The number of ether oxygens (including phenoxy) is 4. The van der Waals surface area contributed by atoms with Gasteiger partial charge in [-0.3, -0.25) is 14.9 Å². The molecule has 0 spiro atoms. The third-order valence-electron chi connectivity index (χ3n) is 6.74. The molecule has 5 atom stereocenters. The van der Waals surface area contributed by atoms with E-state index in [9.17, 15) is 9.59 Å². The molecule has 7 aliphatic rings. The summed E-state index contributed by atoms with van der Waals surface area (Å²) in [6.07, 6.45) is 1.78. The van der Waals surface area contributed by atoms with Crippen molar-refractivity contribution in [1.82, 2.24) is 10.2 Å². The molecule has 6 saturated heterocycles. The highest BCUT2D eigenvalue weighted by atomic mass is 16.9. The van der Waals surface area contributed by atoms with Gasteiger partial charge in [0.2, 0.25) is 11.8 Å². The van der Waals surface area contributed by atoms with Crippen LogP contribution in [0.25, 0.3) is 0 Å². The van der Waals surface area contributed by atoms with Gasteiger partial charge in [0.05, 0.1) is 43.0 Å². The Labute approximate surface area is 150 Å². The number of nitrogens with one attached hydrogen (secondary N) is 1. The Morgan fingerprint density at radius 3 is 2.46 bits per heavy atom. The van der Waals surface area contributed by atoms with Gasteiger partial charge in [-0.2, -0.15) is 0 Å². The SMILES string of the molecule is NC1CC2OC1C1CN(CC(=O)NC34OC5CC(CC(C5)O3)O4)C(=O)C21. The molecular weight excluding hydrogens is 342 g/mol. The van der Waals surface area contributed by atoms with Crippen LogP contribution in [0.4, 0.5) is 0 Å². The Balaban J connectivity index is 1.13. The lowest BCUT2D eigenvalue weighted by Gasteiger charge is -2.54. The lowest BCUT2D eigenvalue weighted by molar-refractivity contribution is -0.501. The summed E-state index contributed by atoms with van der Waals surface area (Å²) >= 11 is 0. The lowest BCUT2D eigenvalue weighted by Crippen LogP contribution is -2.69. The number of amides is 2. The summed E-state index contributed by atoms with van der Waals surface area (Å²) in [6.45, 7) is 0.480. The zero-order valence-corrected chi connectivity index (χ0v) is 14.3. The standard InChI is InChI=1S/C17H23N3O6/c18-11-4-12-14-10(15(11)23-12)5-20(16(14)22)6-13(21)19-17-24-7-1-8(25-17)3-9(2-7)26-17/h7-12,14-15H,1-6,18H2,(H,19,21). The normalized spacial score (nSPS) is 53.4. The van der Waals surface area contributed by atoms with E-state index in [1.54, 1.807) is 4.90 Å². The minimum absolute atomic E-state index is 0.00921. The number of hydrogen-bond donors (Lipinski definition) is 2. The molecule has 0 aromatic rings. The van der Waals surface area contributed by atoms with Crippen LogP contribution in [0, 0.1) is 11.8 Å². The maximum atomic E-state index is 12.7. The fourth-order valence-corrected chi connectivity index (χ4v) is 5.82. The Morgan fingerprint density at radius 1 is 1.15 bits per heavy atom. The van der Waals surface area contributed by atoms with E-state index in [4.69, 9.17) is 24.7 Å². The van der Waals surface area contributed by atoms with Crippen molar-refractivity contribution in [2.24, 2.45) is 17.6 Å². The second-order valence-electron chi connectivity index (χ2n) is 8.48. The molecule has 1 aliphatic carbocycles. The second kappa shape index (κ2) is 5.17. The van der Waals surface area contributed by atoms with Gasteiger partial charge in [-0.15, -0.1) is 0 Å². The topological polar surface area (TPSA) is 112 Å². The minimum atomic E-state index is -1.48. The van der Waals surface area contributed by atoms with E-state index in [0.29, 0.717) is 6.54 Å². The van der Waals surface area contributed by atoms with Crippen LogP contribution in [0.5, 0.6) is 0 Å². The van der Waals surface area contributed by atoms with Gasteiger partial charge in [0.1, 0.15) is 0 Å². The molecule has 7 rings (SSSR count). The molecular formula is C17H23N3O6. The van der Waals surface area contributed by atoms with Gasteiger partial charge in [0.25, 0.3) is 0 Å². The summed E-state index contributed by atoms with van der Waals surface area (Å²) in [5.41, 5.74) is 6.08. The van der Waals surface area contributed by atoms with E-state index in [1.807, 2.05) is 0 Å². The molecule has 9 nitrogen and oxygen atoms in total. The summed E-state index contributed by atoms with van der Waals surface area (Å²) < 4.78 is 23.2.